The van der Waals surface area contributed by atoms with Crippen LogP contribution in [0.3, 0.4) is 0 Å². The lowest BCUT2D eigenvalue weighted by atomic mass is 10.1. The number of rotatable bonds is 8. The molecule has 0 aliphatic heterocycles. The summed E-state index contributed by atoms with van der Waals surface area (Å²) in [5.41, 5.74) is 0.998. The number of nitrogens with one attached hydrogen (secondary N) is 2. The van der Waals surface area contributed by atoms with Gasteiger partial charge in [0.05, 0.1) is 21.3 Å². The summed E-state index contributed by atoms with van der Waals surface area (Å²) in [5.74, 6) is 1.79. The molecular weight excluding hydrogens is 284 g/mol. The highest BCUT2D eigenvalue weighted by atomic mass is 16.5. The number of ether oxygens (including phenoxy) is 3. The van der Waals surface area contributed by atoms with Crippen molar-refractivity contribution >= 4 is 6.03 Å². The van der Waals surface area contributed by atoms with E-state index in [1.165, 1.54) is 0 Å². The van der Waals surface area contributed by atoms with Crippen molar-refractivity contribution in [1.29, 1.82) is 0 Å². The number of carbonyl (C=O) groups excluding carboxylic acids is 1. The molecular formula is C16H26N2O4. The number of hydrogen-bond donors (Lipinski definition) is 2. The van der Waals surface area contributed by atoms with E-state index in [1.807, 2.05) is 26.0 Å². The lowest BCUT2D eigenvalue weighted by molar-refractivity contribution is 0.237. The molecule has 0 saturated carbocycles. The monoisotopic (exact) mass is 310 g/mol. The van der Waals surface area contributed by atoms with Crippen molar-refractivity contribution in [2.24, 2.45) is 0 Å². The van der Waals surface area contributed by atoms with Gasteiger partial charge in [-0.2, -0.15) is 0 Å². The van der Waals surface area contributed by atoms with E-state index in [0.29, 0.717) is 30.2 Å². The van der Waals surface area contributed by atoms with Crippen molar-refractivity contribution in [2.75, 3.05) is 27.9 Å². The molecule has 1 atom stereocenters. The molecule has 0 aliphatic rings. The molecule has 0 fully saturated rings. The summed E-state index contributed by atoms with van der Waals surface area (Å²) in [6, 6.07) is 3.79. The fourth-order valence-electron chi connectivity index (χ4n) is 1.98. The van der Waals surface area contributed by atoms with Gasteiger partial charge < -0.3 is 24.8 Å². The number of urea groups is 1. The largest absolute Gasteiger partial charge is 0.493 e. The second-order valence-electron chi connectivity index (χ2n) is 4.99. The topological polar surface area (TPSA) is 68.8 Å². The number of hydrogen-bond acceptors (Lipinski definition) is 4. The van der Waals surface area contributed by atoms with Gasteiger partial charge in [0.2, 0.25) is 5.75 Å². The van der Waals surface area contributed by atoms with Gasteiger partial charge in [-0.15, -0.1) is 0 Å². The first-order chi connectivity index (χ1) is 10.5. The van der Waals surface area contributed by atoms with E-state index in [1.54, 1.807) is 21.3 Å². The van der Waals surface area contributed by atoms with Crippen molar-refractivity contribution < 1.29 is 19.0 Å². The van der Waals surface area contributed by atoms with Crippen LogP contribution in [0.5, 0.6) is 17.2 Å². The van der Waals surface area contributed by atoms with Crippen LogP contribution < -0.4 is 24.8 Å². The molecule has 0 heterocycles. The minimum absolute atomic E-state index is 0.151. The summed E-state index contributed by atoms with van der Waals surface area (Å²) in [5, 5.41) is 5.70. The summed E-state index contributed by atoms with van der Waals surface area (Å²) in [4.78, 5) is 11.7. The molecule has 1 aromatic rings. The summed E-state index contributed by atoms with van der Waals surface area (Å²) in [6.07, 6.45) is 1.57. The summed E-state index contributed by atoms with van der Waals surface area (Å²) in [6.45, 7) is 4.53. The lowest BCUT2D eigenvalue weighted by Gasteiger charge is -2.15. The average Bonchev–Trinajstić information content (AvgIpc) is 2.53. The Balaban J connectivity index is 2.64. The summed E-state index contributed by atoms with van der Waals surface area (Å²) in [7, 11) is 4.73. The summed E-state index contributed by atoms with van der Waals surface area (Å²) < 4.78 is 15.9. The van der Waals surface area contributed by atoms with Gasteiger partial charge in [0.25, 0.3) is 0 Å². The van der Waals surface area contributed by atoms with Crippen molar-refractivity contribution in [3.63, 3.8) is 0 Å². The zero-order valence-corrected chi connectivity index (χ0v) is 14.0. The van der Waals surface area contributed by atoms with E-state index in [9.17, 15) is 4.79 Å². The van der Waals surface area contributed by atoms with Crippen LogP contribution >= 0.6 is 0 Å². The molecule has 1 aromatic carbocycles. The van der Waals surface area contributed by atoms with Gasteiger partial charge in [-0.3, -0.25) is 0 Å². The summed E-state index contributed by atoms with van der Waals surface area (Å²) >= 11 is 0. The molecule has 2 N–H and O–H groups in total. The van der Waals surface area contributed by atoms with E-state index in [4.69, 9.17) is 14.2 Å². The minimum Gasteiger partial charge on any atom is -0.493 e. The molecule has 1 rings (SSSR count). The number of carbonyl (C=O) groups is 1. The molecule has 124 valence electrons. The van der Waals surface area contributed by atoms with Gasteiger partial charge in [0, 0.05) is 12.6 Å². The van der Waals surface area contributed by atoms with Gasteiger partial charge in [-0.1, -0.05) is 6.92 Å². The highest BCUT2D eigenvalue weighted by Crippen LogP contribution is 2.38. The zero-order valence-electron chi connectivity index (χ0n) is 14.0. The predicted molar refractivity (Wildman–Crippen MR) is 86.1 cm³/mol. The van der Waals surface area contributed by atoms with Gasteiger partial charge in [-0.25, -0.2) is 4.79 Å². The zero-order chi connectivity index (χ0) is 16.5. The van der Waals surface area contributed by atoms with Crippen LogP contribution in [0.4, 0.5) is 4.79 Å². The molecule has 6 nitrogen and oxygen atoms in total. The Bertz CT molecular complexity index is 466. The Hall–Kier alpha value is -2.11. The Kier molecular flexibility index (Phi) is 7.36. The molecule has 2 amide bonds. The second-order valence-corrected chi connectivity index (χ2v) is 4.99. The van der Waals surface area contributed by atoms with Gasteiger partial charge in [0.15, 0.2) is 11.5 Å². The first-order valence-corrected chi connectivity index (χ1v) is 7.38. The van der Waals surface area contributed by atoms with Crippen molar-refractivity contribution in [1.82, 2.24) is 10.6 Å². The molecule has 6 heteroatoms. The van der Waals surface area contributed by atoms with Crippen molar-refractivity contribution in [3.05, 3.63) is 17.7 Å². The molecule has 0 saturated heterocycles. The molecule has 0 aliphatic carbocycles. The third kappa shape index (κ3) is 5.02. The standard InChI is InChI=1S/C16H26N2O4/c1-6-11(2)18-16(19)17-8-7-12-9-13(20-3)15(22-5)14(10-12)21-4/h9-11H,6-8H2,1-5H3,(H2,17,18,19). The van der Waals surface area contributed by atoms with Crippen molar-refractivity contribution in [2.45, 2.75) is 32.7 Å². The first-order valence-electron chi connectivity index (χ1n) is 7.38. The molecule has 1 unspecified atom stereocenters. The molecule has 0 spiro atoms. The van der Waals surface area contributed by atoms with Crippen LogP contribution in [-0.2, 0) is 6.42 Å². The van der Waals surface area contributed by atoms with E-state index < -0.39 is 0 Å². The van der Waals surface area contributed by atoms with E-state index in [-0.39, 0.29) is 12.1 Å². The van der Waals surface area contributed by atoms with Crippen LogP contribution in [0.15, 0.2) is 12.1 Å². The van der Waals surface area contributed by atoms with E-state index >= 15 is 0 Å². The normalized spacial score (nSPS) is 11.5. The van der Waals surface area contributed by atoms with Crippen LogP contribution in [-0.4, -0.2) is 39.9 Å². The Morgan fingerprint density at radius 1 is 1.14 bits per heavy atom. The van der Waals surface area contributed by atoms with Crippen molar-refractivity contribution in [3.8, 4) is 17.2 Å². The predicted octanol–water partition coefficient (Wildman–Crippen LogP) is 2.35. The van der Waals surface area contributed by atoms with Gasteiger partial charge in [0.1, 0.15) is 0 Å². The number of methoxy groups -OCH3 is 3. The lowest BCUT2D eigenvalue weighted by Crippen LogP contribution is -2.41. The second kappa shape index (κ2) is 9.02. The Morgan fingerprint density at radius 2 is 1.73 bits per heavy atom. The molecule has 0 aromatic heterocycles. The van der Waals surface area contributed by atoms with Crippen LogP contribution in [0, 0.1) is 0 Å². The van der Waals surface area contributed by atoms with Crippen LogP contribution in [0.25, 0.3) is 0 Å². The van der Waals surface area contributed by atoms with Gasteiger partial charge in [-0.05, 0) is 37.5 Å². The van der Waals surface area contributed by atoms with Gasteiger partial charge >= 0.3 is 6.03 Å². The third-order valence-corrected chi connectivity index (χ3v) is 3.41. The number of amides is 2. The van der Waals surface area contributed by atoms with E-state index in [2.05, 4.69) is 10.6 Å². The molecule has 22 heavy (non-hydrogen) atoms. The fraction of sp³-hybridized carbons (Fsp3) is 0.562. The average molecular weight is 310 g/mol. The maximum absolute atomic E-state index is 11.7. The number of benzene rings is 1. The SMILES string of the molecule is CCC(C)NC(=O)NCCc1cc(OC)c(OC)c(OC)c1. The van der Waals surface area contributed by atoms with Crippen LogP contribution in [0.2, 0.25) is 0 Å². The van der Waals surface area contributed by atoms with Crippen LogP contribution in [0.1, 0.15) is 25.8 Å². The Labute approximate surface area is 132 Å². The fourth-order valence-corrected chi connectivity index (χ4v) is 1.98. The first kappa shape index (κ1) is 17.9. The highest BCUT2D eigenvalue weighted by molar-refractivity contribution is 5.74. The van der Waals surface area contributed by atoms with E-state index in [0.717, 1.165) is 12.0 Å². The molecule has 0 bridgehead atoms. The maximum atomic E-state index is 11.7. The molecule has 0 radical (unpaired) electrons. The quantitative estimate of drug-likeness (QED) is 0.773. The maximum Gasteiger partial charge on any atom is 0.315 e. The third-order valence-electron chi connectivity index (χ3n) is 3.41. The Morgan fingerprint density at radius 3 is 2.18 bits per heavy atom. The minimum atomic E-state index is -0.151. The highest BCUT2D eigenvalue weighted by Gasteiger charge is 2.13. The smallest absolute Gasteiger partial charge is 0.315 e.